The molecule has 1 atom stereocenters. The Morgan fingerprint density at radius 2 is 2.05 bits per heavy atom. The summed E-state index contributed by atoms with van der Waals surface area (Å²) >= 11 is 0. The molecule has 1 saturated heterocycles. The SMILES string of the molecule is O=C(CCOc1ccccc1)N1CCO[C@@H](C(F)(F)F)C1. The van der Waals surface area contributed by atoms with Crippen LogP contribution >= 0.6 is 0 Å². The first kappa shape index (κ1) is 15.6. The van der Waals surface area contributed by atoms with Gasteiger partial charge in [-0.1, -0.05) is 18.2 Å². The van der Waals surface area contributed by atoms with Crippen LogP contribution in [0.1, 0.15) is 6.42 Å². The Kier molecular flexibility index (Phi) is 5.06. The maximum Gasteiger partial charge on any atom is 0.416 e. The third kappa shape index (κ3) is 4.63. The number of para-hydroxylation sites is 1. The zero-order chi connectivity index (χ0) is 15.3. The summed E-state index contributed by atoms with van der Waals surface area (Å²) in [7, 11) is 0. The van der Waals surface area contributed by atoms with E-state index in [9.17, 15) is 18.0 Å². The van der Waals surface area contributed by atoms with Gasteiger partial charge in [0.25, 0.3) is 0 Å². The fourth-order valence-electron chi connectivity index (χ4n) is 2.00. The molecule has 0 unspecified atom stereocenters. The molecule has 1 fully saturated rings. The number of hydrogen-bond donors (Lipinski definition) is 0. The molecule has 1 aliphatic heterocycles. The zero-order valence-corrected chi connectivity index (χ0v) is 11.3. The van der Waals surface area contributed by atoms with Crippen molar-refractivity contribution in [3.8, 4) is 5.75 Å². The van der Waals surface area contributed by atoms with E-state index in [2.05, 4.69) is 4.74 Å². The monoisotopic (exact) mass is 303 g/mol. The lowest BCUT2D eigenvalue weighted by atomic mass is 10.2. The summed E-state index contributed by atoms with van der Waals surface area (Å²) in [6.07, 6.45) is -6.30. The van der Waals surface area contributed by atoms with E-state index in [1.165, 1.54) is 4.90 Å². The minimum absolute atomic E-state index is 0.0411. The van der Waals surface area contributed by atoms with Crippen molar-refractivity contribution >= 4 is 5.91 Å². The molecule has 1 amide bonds. The van der Waals surface area contributed by atoms with E-state index < -0.39 is 18.8 Å². The number of ether oxygens (including phenoxy) is 2. The van der Waals surface area contributed by atoms with E-state index in [1.807, 2.05) is 6.07 Å². The van der Waals surface area contributed by atoms with Crippen LogP contribution in [0, 0.1) is 0 Å². The van der Waals surface area contributed by atoms with Gasteiger partial charge in [-0.3, -0.25) is 4.79 Å². The van der Waals surface area contributed by atoms with E-state index in [0.29, 0.717) is 5.75 Å². The Hall–Kier alpha value is -1.76. The molecule has 4 nitrogen and oxygen atoms in total. The van der Waals surface area contributed by atoms with Crippen LogP contribution in [0.3, 0.4) is 0 Å². The third-order valence-corrected chi connectivity index (χ3v) is 3.11. The maximum absolute atomic E-state index is 12.6. The summed E-state index contributed by atoms with van der Waals surface area (Å²) in [5.41, 5.74) is 0. The highest BCUT2D eigenvalue weighted by Crippen LogP contribution is 2.25. The number of carbonyl (C=O) groups excluding carboxylic acids is 1. The first-order valence-electron chi connectivity index (χ1n) is 6.61. The van der Waals surface area contributed by atoms with Gasteiger partial charge in [0.1, 0.15) is 5.75 Å². The molecule has 2 rings (SSSR count). The first-order valence-corrected chi connectivity index (χ1v) is 6.61. The predicted octanol–water partition coefficient (Wildman–Crippen LogP) is 2.25. The van der Waals surface area contributed by atoms with Gasteiger partial charge in [-0.05, 0) is 12.1 Å². The molecule has 0 aromatic heterocycles. The molecule has 0 saturated carbocycles. The second-order valence-corrected chi connectivity index (χ2v) is 4.65. The van der Waals surface area contributed by atoms with Crippen LogP contribution < -0.4 is 4.74 Å². The predicted molar refractivity (Wildman–Crippen MR) is 68.9 cm³/mol. The van der Waals surface area contributed by atoms with Gasteiger partial charge < -0.3 is 14.4 Å². The number of carbonyl (C=O) groups is 1. The highest BCUT2D eigenvalue weighted by molar-refractivity contribution is 5.76. The van der Waals surface area contributed by atoms with Crippen LogP contribution in [0.2, 0.25) is 0 Å². The van der Waals surface area contributed by atoms with Gasteiger partial charge in [0.05, 0.1) is 26.2 Å². The number of rotatable bonds is 4. The molecule has 0 spiro atoms. The van der Waals surface area contributed by atoms with Crippen LogP contribution in [-0.4, -0.2) is 49.4 Å². The van der Waals surface area contributed by atoms with Crippen molar-refractivity contribution in [3.05, 3.63) is 30.3 Å². The summed E-state index contributed by atoms with van der Waals surface area (Å²) in [6, 6.07) is 8.93. The van der Waals surface area contributed by atoms with Crippen molar-refractivity contribution in [2.24, 2.45) is 0 Å². The fraction of sp³-hybridized carbons (Fsp3) is 0.500. The summed E-state index contributed by atoms with van der Waals surface area (Å²) in [6.45, 7) is -0.239. The Balaban J connectivity index is 1.78. The van der Waals surface area contributed by atoms with Crippen LogP contribution in [0.5, 0.6) is 5.75 Å². The molecular weight excluding hydrogens is 287 g/mol. The van der Waals surface area contributed by atoms with Gasteiger partial charge in [-0.15, -0.1) is 0 Å². The van der Waals surface area contributed by atoms with Gasteiger partial charge >= 0.3 is 6.18 Å². The number of morpholine rings is 1. The summed E-state index contributed by atoms with van der Waals surface area (Å²) < 4.78 is 47.7. The van der Waals surface area contributed by atoms with Crippen LogP contribution in [0.4, 0.5) is 13.2 Å². The molecule has 0 N–H and O–H groups in total. The lowest BCUT2D eigenvalue weighted by Crippen LogP contribution is -2.51. The highest BCUT2D eigenvalue weighted by Gasteiger charge is 2.44. The molecule has 1 heterocycles. The highest BCUT2D eigenvalue weighted by atomic mass is 19.4. The van der Waals surface area contributed by atoms with Gasteiger partial charge in [0, 0.05) is 6.54 Å². The minimum atomic E-state index is -4.44. The number of alkyl halides is 3. The number of amides is 1. The number of benzene rings is 1. The normalized spacial score (nSPS) is 19.4. The number of hydrogen-bond acceptors (Lipinski definition) is 3. The van der Waals surface area contributed by atoms with Crippen LogP contribution in [0.15, 0.2) is 30.3 Å². The van der Waals surface area contributed by atoms with Gasteiger partial charge in [-0.2, -0.15) is 13.2 Å². The van der Waals surface area contributed by atoms with Crippen molar-refractivity contribution < 1.29 is 27.4 Å². The van der Waals surface area contributed by atoms with Gasteiger partial charge in [-0.25, -0.2) is 0 Å². The van der Waals surface area contributed by atoms with E-state index in [1.54, 1.807) is 24.3 Å². The smallest absolute Gasteiger partial charge is 0.416 e. The molecule has 1 aromatic rings. The van der Waals surface area contributed by atoms with Gasteiger partial charge in [0.2, 0.25) is 5.91 Å². The first-order chi connectivity index (χ1) is 9.97. The molecule has 21 heavy (non-hydrogen) atoms. The van der Waals surface area contributed by atoms with Crippen molar-refractivity contribution in [3.63, 3.8) is 0 Å². The summed E-state index contributed by atoms with van der Waals surface area (Å²) in [5, 5.41) is 0. The zero-order valence-electron chi connectivity index (χ0n) is 11.3. The average molecular weight is 303 g/mol. The Morgan fingerprint density at radius 1 is 1.33 bits per heavy atom. The van der Waals surface area contributed by atoms with Crippen molar-refractivity contribution in [1.29, 1.82) is 0 Å². The fourth-order valence-corrected chi connectivity index (χ4v) is 2.00. The topological polar surface area (TPSA) is 38.8 Å². The largest absolute Gasteiger partial charge is 0.493 e. The molecule has 7 heteroatoms. The van der Waals surface area contributed by atoms with Gasteiger partial charge in [0.15, 0.2) is 6.10 Å². The van der Waals surface area contributed by atoms with Crippen molar-refractivity contribution in [2.75, 3.05) is 26.3 Å². The molecule has 0 radical (unpaired) electrons. The van der Waals surface area contributed by atoms with Crippen molar-refractivity contribution in [1.82, 2.24) is 4.90 Å². The maximum atomic E-state index is 12.6. The van der Waals surface area contributed by atoms with Crippen LogP contribution in [0.25, 0.3) is 0 Å². The third-order valence-electron chi connectivity index (χ3n) is 3.11. The Bertz CT molecular complexity index is 464. The van der Waals surface area contributed by atoms with E-state index in [0.717, 1.165) is 0 Å². The Labute approximate surface area is 120 Å². The number of halogens is 3. The summed E-state index contributed by atoms with van der Waals surface area (Å²) in [5.74, 6) is 0.268. The number of nitrogens with zero attached hydrogens (tertiary/aromatic N) is 1. The quantitative estimate of drug-likeness (QED) is 0.856. The molecular formula is C14H16F3NO3. The molecule has 0 aliphatic carbocycles. The minimum Gasteiger partial charge on any atom is -0.493 e. The molecule has 1 aliphatic rings. The van der Waals surface area contributed by atoms with E-state index in [-0.39, 0.29) is 32.1 Å². The van der Waals surface area contributed by atoms with E-state index >= 15 is 0 Å². The Morgan fingerprint density at radius 3 is 2.71 bits per heavy atom. The molecule has 1 aromatic carbocycles. The van der Waals surface area contributed by atoms with E-state index in [4.69, 9.17) is 4.74 Å². The lowest BCUT2D eigenvalue weighted by Gasteiger charge is -2.33. The lowest BCUT2D eigenvalue weighted by molar-refractivity contribution is -0.236. The second-order valence-electron chi connectivity index (χ2n) is 4.65. The van der Waals surface area contributed by atoms with Crippen LogP contribution in [-0.2, 0) is 9.53 Å². The standard InChI is InChI=1S/C14H16F3NO3/c15-14(16,17)12-10-18(7-9-21-12)13(19)6-8-20-11-4-2-1-3-5-11/h1-5,12H,6-10H2/t12-/m1/s1. The molecule has 0 bridgehead atoms. The molecule has 116 valence electrons. The average Bonchev–Trinajstić information content (AvgIpc) is 2.47. The van der Waals surface area contributed by atoms with Crippen molar-refractivity contribution in [2.45, 2.75) is 18.7 Å². The second kappa shape index (κ2) is 6.80. The summed E-state index contributed by atoms with van der Waals surface area (Å²) in [4.78, 5) is 13.1.